The smallest absolute Gasteiger partial charge is 0.174 e. The molecule has 1 rings (SSSR count). The number of nitriles is 1. The molecule has 4 nitrogen and oxygen atoms in total. The lowest BCUT2D eigenvalue weighted by Crippen LogP contribution is -2.24. The van der Waals surface area contributed by atoms with E-state index in [1.807, 2.05) is 0 Å². The molecule has 5 heteroatoms. The van der Waals surface area contributed by atoms with Gasteiger partial charge >= 0.3 is 0 Å². The molecule has 0 amide bonds. The Morgan fingerprint density at radius 1 is 1.57 bits per heavy atom. The Bertz CT molecular complexity index is 438. The fourth-order valence-corrected chi connectivity index (χ4v) is 2.46. The third-order valence-corrected chi connectivity index (χ3v) is 3.59. The van der Waals surface area contributed by atoms with Gasteiger partial charge in [-0.3, -0.25) is 0 Å². The summed E-state index contributed by atoms with van der Waals surface area (Å²) in [7, 11) is -3.44. The van der Waals surface area contributed by atoms with Gasteiger partial charge in [-0.25, -0.2) is 8.42 Å². The lowest BCUT2D eigenvalue weighted by Gasteiger charge is -2.14. The Labute approximate surface area is 82.9 Å². The van der Waals surface area contributed by atoms with Gasteiger partial charge in [-0.2, -0.15) is 5.26 Å². The average molecular weight is 210 g/mol. The number of nitrogens with zero attached hydrogens (tertiary/aromatic N) is 1. The summed E-state index contributed by atoms with van der Waals surface area (Å²) in [5.41, 5.74) is 5.79. The highest BCUT2D eigenvalue weighted by Crippen LogP contribution is 2.18. The summed E-state index contributed by atoms with van der Waals surface area (Å²) in [4.78, 5) is 0. The molecule has 1 atom stereocenters. The van der Waals surface area contributed by atoms with Crippen molar-refractivity contribution in [3.8, 4) is 6.07 Å². The van der Waals surface area contributed by atoms with Gasteiger partial charge in [0, 0.05) is 0 Å². The molecule has 0 radical (unpaired) electrons. The van der Waals surface area contributed by atoms with Crippen molar-refractivity contribution in [3.63, 3.8) is 0 Å². The molecular weight excluding hydrogens is 200 g/mol. The average Bonchev–Trinajstić information content (AvgIpc) is 2.18. The maximum Gasteiger partial charge on any atom is 0.174 e. The Hall–Kier alpha value is -1.54. The third-order valence-electron chi connectivity index (χ3n) is 1.86. The van der Waals surface area contributed by atoms with Crippen LogP contribution in [0.3, 0.4) is 0 Å². The van der Waals surface area contributed by atoms with Crippen LogP contribution in [0.25, 0.3) is 0 Å². The Morgan fingerprint density at radius 3 is 2.86 bits per heavy atom. The minimum atomic E-state index is -3.44. The van der Waals surface area contributed by atoms with Crippen molar-refractivity contribution < 1.29 is 8.42 Å². The third kappa shape index (κ3) is 2.03. The van der Waals surface area contributed by atoms with Crippen LogP contribution < -0.4 is 5.73 Å². The van der Waals surface area contributed by atoms with E-state index in [1.165, 1.54) is 12.3 Å². The first kappa shape index (κ1) is 10.5. The monoisotopic (exact) mass is 210 g/mol. The quantitative estimate of drug-likeness (QED) is 0.708. The van der Waals surface area contributed by atoms with Crippen LogP contribution in [0, 0.1) is 11.3 Å². The van der Waals surface area contributed by atoms with Gasteiger partial charge in [0.05, 0.1) is 6.07 Å². The zero-order chi connectivity index (χ0) is 10.6. The van der Waals surface area contributed by atoms with Crippen molar-refractivity contribution in [2.45, 2.75) is 5.25 Å². The highest BCUT2D eigenvalue weighted by Gasteiger charge is 2.26. The topological polar surface area (TPSA) is 84.0 Å². The van der Waals surface area contributed by atoms with Gasteiger partial charge in [0.2, 0.25) is 0 Å². The molecule has 0 aromatic carbocycles. The first-order chi connectivity index (χ1) is 6.61. The van der Waals surface area contributed by atoms with Crippen LogP contribution in [-0.4, -0.2) is 19.4 Å². The maximum atomic E-state index is 11.6. The molecule has 2 N–H and O–H groups in total. The Kier molecular flexibility index (Phi) is 3.10. The number of rotatable bonds is 2. The summed E-state index contributed by atoms with van der Waals surface area (Å²) in [5.74, 6) is -0.493. The predicted octanol–water partition coefficient (Wildman–Crippen LogP) is 0.262. The van der Waals surface area contributed by atoms with Gasteiger partial charge < -0.3 is 5.73 Å². The van der Waals surface area contributed by atoms with Crippen molar-refractivity contribution in [1.82, 2.24) is 0 Å². The van der Waals surface area contributed by atoms with Crippen molar-refractivity contribution in [1.29, 1.82) is 5.26 Å². The Morgan fingerprint density at radius 2 is 2.29 bits per heavy atom. The summed E-state index contributed by atoms with van der Waals surface area (Å²) < 4.78 is 23.1. The van der Waals surface area contributed by atoms with Crippen LogP contribution in [0.5, 0.6) is 0 Å². The van der Waals surface area contributed by atoms with E-state index in [0.29, 0.717) is 5.57 Å². The molecule has 0 fully saturated rings. The van der Waals surface area contributed by atoms with Gasteiger partial charge in [-0.15, -0.1) is 0 Å². The van der Waals surface area contributed by atoms with Crippen LogP contribution in [0.1, 0.15) is 0 Å². The van der Waals surface area contributed by atoms with E-state index >= 15 is 0 Å². The minimum Gasteiger partial charge on any atom is -0.404 e. The second-order valence-electron chi connectivity index (χ2n) is 2.80. The van der Waals surface area contributed by atoms with Gasteiger partial charge in [-0.1, -0.05) is 24.3 Å². The van der Waals surface area contributed by atoms with Crippen molar-refractivity contribution in [2.24, 2.45) is 5.73 Å². The summed E-state index contributed by atoms with van der Waals surface area (Å²) in [5, 5.41) is 7.59. The largest absolute Gasteiger partial charge is 0.404 e. The fourth-order valence-electron chi connectivity index (χ4n) is 1.19. The van der Waals surface area contributed by atoms with Crippen molar-refractivity contribution >= 4 is 9.84 Å². The highest BCUT2D eigenvalue weighted by atomic mass is 32.2. The molecule has 1 aliphatic rings. The summed E-state index contributed by atoms with van der Waals surface area (Å²) in [6.45, 7) is 0. The number of hydrogen-bond donors (Lipinski definition) is 1. The molecule has 0 bridgehead atoms. The number of sulfone groups is 1. The van der Waals surface area contributed by atoms with Crippen LogP contribution in [0.2, 0.25) is 0 Å². The lowest BCUT2D eigenvalue weighted by molar-refractivity contribution is 0.596. The SMILES string of the molecule is N#CCS(=O)(=O)C1C=CC=CC1=CN. The molecule has 0 saturated carbocycles. The molecule has 1 unspecified atom stereocenters. The van der Waals surface area contributed by atoms with E-state index in [0.717, 1.165) is 0 Å². The molecule has 0 saturated heterocycles. The van der Waals surface area contributed by atoms with E-state index in [-0.39, 0.29) is 0 Å². The van der Waals surface area contributed by atoms with E-state index in [4.69, 9.17) is 11.0 Å². The summed E-state index contributed by atoms with van der Waals surface area (Å²) in [6, 6.07) is 1.64. The highest BCUT2D eigenvalue weighted by molar-refractivity contribution is 7.92. The first-order valence-electron chi connectivity index (χ1n) is 3.97. The van der Waals surface area contributed by atoms with E-state index in [9.17, 15) is 8.42 Å². The van der Waals surface area contributed by atoms with Gasteiger partial charge in [0.25, 0.3) is 0 Å². The van der Waals surface area contributed by atoms with Gasteiger partial charge in [0.1, 0.15) is 11.0 Å². The standard InChI is InChI=1S/C9H10N2O2S/c10-5-6-14(12,13)9-4-2-1-3-8(9)7-11/h1-4,7,9H,6,11H2. The van der Waals surface area contributed by atoms with Crippen LogP contribution >= 0.6 is 0 Å². The molecule has 0 aromatic rings. The van der Waals surface area contributed by atoms with Crippen molar-refractivity contribution in [2.75, 3.05) is 5.75 Å². The summed E-state index contributed by atoms with van der Waals surface area (Å²) in [6.07, 6.45) is 7.73. The second kappa shape index (κ2) is 4.11. The number of hydrogen-bond acceptors (Lipinski definition) is 4. The lowest BCUT2D eigenvalue weighted by atomic mass is 10.1. The van der Waals surface area contributed by atoms with Crippen LogP contribution in [0.4, 0.5) is 0 Å². The minimum absolute atomic E-state index is 0.493. The molecule has 0 aromatic heterocycles. The van der Waals surface area contributed by atoms with E-state index < -0.39 is 20.8 Å². The van der Waals surface area contributed by atoms with E-state index in [2.05, 4.69) is 0 Å². The predicted molar refractivity (Wildman–Crippen MR) is 53.7 cm³/mol. The molecule has 0 spiro atoms. The second-order valence-corrected chi connectivity index (χ2v) is 4.92. The van der Waals surface area contributed by atoms with Gasteiger partial charge in [-0.05, 0) is 11.8 Å². The van der Waals surface area contributed by atoms with Crippen LogP contribution in [-0.2, 0) is 9.84 Å². The summed E-state index contributed by atoms with van der Waals surface area (Å²) >= 11 is 0. The molecule has 0 heterocycles. The number of allylic oxidation sites excluding steroid dienone is 3. The maximum absolute atomic E-state index is 11.6. The fraction of sp³-hybridized carbons (Fsp3) is 0.222. The molecule has 14 heavy (non-hydrogen) atoms. The Balaban J connectivity index is 3.05. The molecular formula is C9H10N2O2S. The van der Waals surface area contributed by atoms with Crippen molar-refractivity contribution in [3.05, 3.63) is 36.1 Å². The van der Waals surface area contributed by atoms with Gasteiger partial charge in [0.15, 0.2) is 9.84 Å². The van der Waals surface area contributed by atoms with Crippen LogP contribution in [0.15, 0.2) is 36.1 Å². The zero-order valence-electron chi connectivity index (χ0n) is 7.42. The van der Waals surface area contributed by atoms with E-state index in [1.54, 1.807) is 24.3 Å². The number of nitrogens with two attached hydrogens (primary N) is 1. The zero-order valence-corrected chi connectivity index (χ0v) is 8.24. The first-order valence-corrected chi connectivity index (χ1v) is 5.68. The molecule has 74 valence electrons. The molecule has 0 aliphatic heterocycles. The normalized spacial score (nSPS) is 23.6. The molecule has 1 aliphatic carbocycles.